The lowest BCUT2D eigenvalue weighted by molar-refractivity contribution is -0.166. The van der Waals surface area contributed by atoms with Crippen LogP contribution in [0.2, 0.25) is 0 Å². The Bertz CT molecular complexity index is 1510. The lowest BCUT2D eigenvalue weighted by atomic mass is 10.1. The summed E-state index contributed by atoms with van der Waals surface area (Å²) in [6.07, 6.45) is 84.0. The number of carbonyl (C=O) groups is 3. The Hall–Kier alpha value is -3.93. The Kier molecular flexibility index (Phi) is 58.3. The van der Waals surface area contributed by atoms with Gasteiger partial charge >= 0.3 is 17.9 Å². The fraction of sp³-hybridized carbons (Fsp3) is 0.691. The molecule has 6 nitrogen and oxygen atoms in total. The van der Waals surface area contributed by atoms with Crippen LogP contribution in [0.3, 0.4) is 0 Å². The molecule has 6 heteroatoms. The van der Waals surface area contributed by atoms with Crippen molar-refractivity contribution in [3.63, 3.8) is 0 Å². The molecule has 0 saturated carbocycles. The molecule has 0 radical (unpaired) electrons. The normalized spacial score (nSPS) is 12.9. The second-order valence-electron chi connectivity index (χ2n) is 20.2. The lowest BCUT2D eigenvalue weighted by Gasteiger charge is -2.18. The van der Waals surface area contributed by atoms with Crippen LogP contribution < -0.4 is 0 Å². The van der Waals surface area contributed by atoms with Gasteiger partial charge in [0.15, 0.2) is 6.10 Å². The zero-order valence-corrected chi connectivity index (χ0v) is 48.3. The largest absolute Gasteiger partial charge is 0.462 e. The van der Waals surface area contributed by atoms with E-state index < -0.39 is 12.1 Å². The molecular weight excluding hydrogens is 913 g/mol. The van der Waals surface area contributed by atoms with Crippen molar-refractivity contribution in [1.82, 2.24) is 0 Å². The molecule has 0 N–H and O–H groups in total. The van der Waals surface area contributed by atoms with Crippen LogP contribution in [0.4, 0.5) is 0 Å². The molecule has 0 aliphatic heterocycles. The van der Waals surface area contributed by atoms with Gasteiger partial charge < -0.3 is 14.2 Å². The number of carbonyl (C=O) groups excluding carboxylic acids is 3. The predicted molar refractivity (Wildman–Crippen MR) is 320 cm³/mol. The van der Waals surface area contributed by atoms with Gasteiger partial charge in [0.25, 0.3) is 0 Å². The van der Waals surface area contributed by atoms with Crippen LogP contribution >= 0.6 is 0 Å². The van der Waals surface area contributed by atoms with Crippen molar-refractivity contribution in [2.45, 2.75) is 290 Å². The molecule has 0 amide bonds. The zero-order chi connectivity index (χ0) is 53.6. The maximum Gasteiger partial charge on any atom is 0.309 e. The van der Waals surface area contributed by atoms with Crippen LogP contribution in [0, 0.1) is 0 Å². The summed E-state index contributed by atoms with van der Waals surface area (Å²) in [5.41, 5.74) is 0. The Morgan fingerprint density at radius 3 is 0.959 bits per heavy atom. The highest BCUT2D eigenvalue weighted by Gasteiger charge is 2.19. The van der Waals surface area contributed by atoms with Crippen LogP contribution in [0.1, 0.15) is 284 Å². The summed E-state index contributed by atoms with van der Waals surface area (Å²) in [7, 11) is 0. The minimum Gasteiger partial charge on any atom is -0.462 e. The molecule has 1 atom stereocenters. The maximum absolute atomic E-state index is 12.9. The third-order valence-electron chi connectivity index (χ3n) is 13.0. The van der Waals surface area contributed by atoms with Crippen molar-refractivity contribution in [2.24, 2.45) is 0 Å². The van der Waals surface area contributed by atoms with E-state index in [9.17, 15) is 14.4 Å². The van der Waals surface area contributed by atoms with E-state index in [0.717, 1.165) is 89.9 Å². The Morgan fingerprint density at radius 1 is 0.297 bits per heavy atom. The number of hydrogen-bond acceptors (Lipinski definition) is 6. The van der Waals surface area contributed by atoms with Gasteiger partial charge in [0, 0.05) is 12.8 Å². The lowest BCUT2D eigenvalue weighted by Crippen LogP contribution is -2.30. The quantitative estimate of drug-likeness (QED) is 0.0261. The van der Waals surface area contributed by atoms with Crippen molar-refractivity contribution in [3.05, 3.63) is 109 Å². The molecule has 0 bridgehead atoms. The Labute approximate surface area is 457 Å². The fourth-order valence-electron chi connectivity index (χ4n) is 8.40. The van der Waals surface area contributed by atoms with Gasteiger partial charge in [-0.3, -0.25) is 14.4 Å². The van der Waals surface area contributed by atoms with Crippen LogP contribution in [-0.4, -0.2) is 37.2 Å². The minimum absolute atomic E-state index is 0.114. The molecule has 0 fully saturated rings. The first-order valence-electron chi connectivity index (χ1n) is 30.9. The molecule has 0 heterocycles. The number of allylic oxidation sites excluding steroid dienone is 17. The standard InChI is InChI=1S/C68H114O6/c1-4-7-10-13-16-19-22-25-28-30-32-33-34-35-36-38-40-43-46-49-52-55-58-61-67(70)73-64-65(63-72-66(69)60-57-54-51-48-45-42-39-27-24-21-18-15-12-9-6-3)74-68(71)62-59-56-53-50-47-44-41-37-31-29-26-23-20-17-14-11-8-5-2/h9,12,18,21-22,25,27,29-32,34-35,39,45,48,54,57,65H,4-8,10-11,13-17,19-20,23-24,26,28,33,36-38,40-44,46-47,49-53,55-56,58-64H2,1-3H3/b12-9-,21-18-,25-22-,31-29-,32-30-,35-34-,39-27-,48-45-,57-54-. The third-order valence-corrected chi connectivity index (χ3v) is 13.0. The average molecular weight is 1030 g/mol. The van der Waals surface area contributed by atoms with Crippen molar-refractivity contribution in [2.75, 3.05) is 13.2 Å². The zero-order valence-electron chi connectivity index (χ0n) is 48.3. The monoisotopic (exact) mass is 1030 g/mol. The summed E-state index contributed by atoms with van der Waals surface area (Å²) in [6.45, 7) is 6.43. The van der Waals surface area contributed by atoms with Crippen LogP contribution in [0.25, 0.3) is 0 Å². The van der Waals surface area contributed by atoms with Gasteiger partial charge in [-0.05, 0) is 109 Å². The second kappa shape index (κ2) is 61.6. The smallest absolute Gasteiger partial charge is 0.309 e. The van der Waals surface area contributed by atoms with E-state index in [0.29, 0.717) is 12.8 Å². The van der Waals surface area contributed by atoms with Crippen molar-refractivity contribution >= 4 is 17.9 Å². The fourth-order valence-corrected chi connectivity index (χ4v) is 8.40. The number of unbranched alkanes of at least 4 members (excludes halogenated alkanes) is 27. The SMILES string of the molecule is CC/C=C\C/C=C\C/C=C\C/C=C\C/C=C\CC(=O)OCC(COC(=O)CCCCCCCCCC/C=C\C/C=C\C/C=C\CCCCCCC)OC(=O)CCCCCCCCC/C=C\CCCCCCCCC. The highest BCUT2D eigenvalue weighted by Crippen LogP contribution is 2.15. The van der Waals surface area contributed by atoms with Crippen LogP contribution in [0.15, 0.2) is 109 Å². The average Bonchev–Trinajstić information content (AvgIpc) is 3.40. The van der Waals surface area contributed by atoms with Gasteiger partial charge in [-0.15, -0.1) is 0 Å². The molecule has 1 unspecified atom stereocenters. The first-order valence-corrected chi connectivity index (χ1v) is 30.9. The van der Waals surface area contributed by atoms with E-state index in [1.165, 1.54) is 154 Å². The Balaban J connectivity index is 4.46. The van der Waals surface area contributed by atoms with E-state index in [1.807, 2.05) is 6.08 Å². The molecule has 0 saturated heterocycles. The molecule has 422 valence electrons. The van der Waals surface area contributed by atoms with Gasteiger partial charge in [-0.1, -0.05) is 265 Å². The van der Waals surface area contributed by atoms with E-state index in [4.69, 9.17) is 14.2 Å². The second-order valence-corrected chi connectivity index (χ2v) is 20.2. The molecule has 0 rings (SSSR count). The summed E-state index contributed by atoms with van der Waals surface area (Å²) in [5, 5.41) is 0. The van der Waals surface area contributed by atoms with Gasteiger partial charge in [0.05, 0.1) is 6.42 Å². The van der Waals surface area contributed by atoms with Gasteiger partial charge in [-0.25, -0.2) is 0 Å². The summed E-state index contributed by atoms with van der Waals surface area (Å²) >= 11 is 0. The topological polar surface area (TPSA) is 78.9 Å². The minimum atomic E-state index is -0.826. The number of esters is 3. The van der Waals surface area contributed by atoms with E-state index in [-0.39, 0.29) is 31.6 Å². The summed E-state index contributed by atoms with van der Waals surface area (Å²) in [5.74, 6) is -1.06. The maximum atomic E-state index is 12.9. The van der Waals surface area contributed by atoms with Crippen molar-refractivity contribution < 1.29 is 28.6 Å². The van der Waals surface area contributed by atoms with Crippen LogP contribution in [0.5, 0.6) is 0 Å². The summed E-state index contributed by atoms with van der Waals surface area (Å²) < 4.78 is 16.8. The molecule has 0 aromatic heterocycles. The van der Waals surface area contributed by atoms with Crippen molar-refractivity contribution in [1.29, 1.82) is 0 Å². The summed E-state index contributed by atoms with van der Waals surface area (Å²) in [6, 6.07) is 0. The van der Waals surface area contributed by atoms with Crippen molar-refractivity contribution in [3.8, 4) is 0 Å². The van der Waals surface area contributed by atoms with Gasteiger partial charge in [-0.2, -0.15) is 0 Å². The highest BCUT2D eigenvalue weighted by atomic mass is 16.6. The van der Waals surface area contributed by atoms with Gasteiger partial charge in [0.2, 0.25) is 0 Å². The third kappa shape index (κ3) is 59.0. The van der Waals surface area contributed by atoms with Gasteiger partial charge in [0.1, 0.15) is 13.2 Å². The number of hydrogen-bond donors (Lipinski definition) is 0. The summed E-state index contributed by atoms with van der Waals surface area (Å²) in [4.78, 5) is 38.2. The molecular formula is C68H114O6. The molecule has 0 aromatic carbocycles. The molecule has 74 heavy (non-hydrogen) atoms. The van der Waals surface area contributed by atoms with E-state index in [1.54, 1.807) is 6.08 Å². The predicted octanol–water partition coefficient (Wildman–Crippen LogP) is 21.0. The Morgan fingerprint density at radius 2 is 0.581 bits per heavy atom. The van der Waals surface area contributed by atoms with E-state index >= 15 is 0 Å². The molecule has 0 aromatic rings. The number of rotatable bonds is 55. The molecule has 0 aliphatic rings. The first kappa shape index (κ1) is 70.1. The first-order chi connectivity index (χ1) is 36.5. The van der Waals surface area contributed by atoms with Crippen LogP contribution in [-0.2, 0) is 28.6 Å². The highest BCUT2D eigenvalue weighted by molar-refractivity contribution is 5.72. The number of ether oxygens (including phenoxy) is 3. The molecule has 0 aliphatic carbocycles. The van der Waals surface area contributed by atoms with E-state index in [2.05, 4.69) is 118 Å². The molecule has 0 spiro atoms.